The number of benzene rings is 3. The van der Waals surface area contributed by atoms with Gasteiger partial charge in [0.15, 0.2) is 5.11 Å². The van der Waals surface area contributed by atoms with Crippen LogP contribution in [0.2, 0.25) is 0 Å². The van der Waals surface area contributed by atoms with Crippen molar-refractivity contribution >= 4 is 34.6 Å². The lowest BCUT2D eigenvalue weighted by atomic mass is 10.1. The fraction of sp³-hybridized carbons (Fsp3) is 0.0476. The van der Waals surface area contributed by atoms with Crippen molar-refractivity contribution in [3.8, 4) is 0 Å². The molecule has 4 nitrogen and oxygen atoms in total. The first-order valence-electron chi connectivity index (χ1n) is 8.46. The van der Waals surface area contributed by atoms with E-state index in [0.29, 0.717) is 5.56 Å². The number of amides is 1. The molecule has 1 atom stereocenters. The Morgan fingerprint density at radius 2 is 1.50 bits per heavy atom. The minimum absolute atomic E-state index is 0.218. The fourth-order valence-corrected chi connectivity index (χ4v) is 2.80. The van der Waals surface area contributed by atoms with Crippen LogP contribution >= 0.6 is 12.2 Å². The lowest BCUT2D eigenvalue weighted by Crippen LogP contribution is -2.39. The van der Waals surface area contributed by atoms with E-state index in [0.717, 1.165) is 23.9 Å². The number of anilines is 2. The first-order valence-corrected chi connectivity index (χ1v) is 8.87. The number of rotatable bonds is 5. The van der Waals surface area contributed by atoms with Crippen molar-refractivity contribution in [3.63, 3.8) is 0 Å². The van der Waals surface area contributed by atoms with Gasteiger partial charge in [0.05, 0.1) is 5.69 Å². The summed E-state index contributed by atoms with van der Waals surface area (Å²) in [6.45, 7) is 0. The first kappa shape index (κ1) is 19.4. The van der Waals surface area contributed by atoms with Gasteiger partial charge in [0.2, 0.25) is 0 Å². The summed E-state index contributed by atoms with van der Waals surface area (Å²) in [7, 11) is 0. The second-order valence-electron chi connectivity index (χ2n) is 5.92. The molecule has 28 heavy (non-hydrogen) atoms. The predicted molar refractivity (Wildman–Crippen MR) is 110 cm³/mol. The summed E-state index contributed by atoms with van der Waals surface area (Å²) in [6, 6.07) is 20.0. The van der Waals surface area contributed by atoms with Crippen molar-refractivity contribution in [2.75, 3.05) is 10.6 Å². The van der Waals surface area contributed by atoms with Gasteiger partial charge in [-0.3, -0.25) is 4.79 Å². The molecule has 3 N–H and O–H groups in total. The lowest BCUT2D eigenvalue weighted by molar-refractivity contribution is -0.117. The third kappa shape index (κ3) is 5.11. The van der Waals surface area contributed by atoms with Crippen LogP contribution in [-0.2, 0) is 4.79 Å². The molecule has 0 bridgehead atoms. The van der Waals surface area contributed by atoms with E-state index in [9.17, 15) is 13.6 Å². The second kappa shape index (κ2) is 9.05. The van der Waals surface area contributed by atoms with Crippen LogP contribution < -0.4 is 16.0 Å². The molecule has 0 saturated heterocycles. The van der Waals surface area contributed by atoms with Gasteiger partial charge in [0.25, 0.3) is 5.91 Å². The molecule has 1 amide bonds. The Morgan fingerprint density at radius 3 is 2.18 bits per heavy atom. The SMILES string of the molecule is O=C(Nc1cc(F)ccc1F)[C@H](NC(=S)Nc1ccccc1)c1ccccc1. The average molecular weight is 397 g/mol. The Hall–Kier alpha value is -3.32. The highest BCUT2D eigenvalue weighted by molar-refractivity contribution is 7.80. The molecule has 0 aromatic heterocycles. The van der Waals surface area contributed by atoms with Gasteiger partial charge in [-0.25, -0.2) is 8.78 Å². The summed E-state index contributed by atoms with van der Waals surface area (Å²) in [5.74, 6) is -1.96. The van der Waals surface area contributed by atoms with E-state index in [1.807, 2.05) is 36.4 Å². The van der Waals surface area contributed by atoms with Crippen LogP contribution in [0.1, 0.15) is 11.6 Å². The maximum Gasteiger partial charge on any atom is 0.251 e. The number of nitrogens with one attached hydrogen (secondary N) is 3. The number of hydrogen-bond donors (Lipinski definition) is 3. The van der Waals surface area contributed by atoms with Gasteiger partial charge in [-0.1, -0.05) is 48.5 Å². The maximum absolute atomic E-state index is 13.9. The van der Waals surface area contributed by atoms with Crippen molar-refractivity contribution in [1.29, 1.82) is 0 Å². The highest BCUT2D eigenvalue weighted by Gasteiger charge is 2.22. The van der Waals surface area contributed by atoms with Crippen LogP contribution in [0.4, 0.5) is 20.2 Å². The molecule has 0 aliphatic rings. The molecule has 3 aromatic rings. The third-order valence-corrected chi connectivity index (χ3v) is 4.11. The predicted octanol–water partition coefficient (Wildman–Crippen LogP) is 4.63. The Balaban J connectivity index is 1.80. The molecule has 0 radical (unpaired) electrons. The van der Waals surface area contributed by atoms with E-state index in [1.165, 1.54) is 0 Å². The molecule has 7 heteroatoms. The van der Waals surface area contributed by atoms with Crippen LogP contribution in [0.15, 0.2) is 78.9 Å². The maximum atomic E-state index is 13.9. The van der Waals surface area contributed by atoms with Crippen LogP contribution in [0.5, 0.6) is 0 Å². The van der Waals surface area contributed by atoms with Crippen LogP contribution in [0.3, 0.4) is 0 Å². The molecule has 0 unspecified atom stereocenters. The summed E-state index contributed by atoms with van der Waals surface area (Å²) < 4.78 is 27.3. The molecule has 0 aliphatic carbocycles. The summed E-state index contributed by atoms with van der Waals surface area (Å²) in [5, 5.41) is 8.55. The monoisotopic (exact) mass is 397 g/mol. The molecule has 0 aliphatic heterocycles. The first-order chi connectivity index (χ1) is 13.5. The molecule has 0 heterocycles. The molecule has 0 fully saturated rings. The number of carbonyl (C=O) groups is 1. The highest BCUT2D eigenvalue weighted by atomic mass is 32.1. The topological polar surface area (TPSA) is 53.2 Å². The van der Waals surface area contributed by atoms with E-state index < -0.39 is 23.6 Å². The quantitative estimate of drug-likeness (QED) is 0.550. The number of para-hydroxylation sites is 1. The van der Waals surface area contributed by atoms with Gasteiger partial charge >= 0.3 is 0 Å². The van der Waals surface area contributed by atoms with Crippen LogP contribution in [0.25, 0.3) is 0 Å². The van der Waals surface area contributed by atoms with E-state index in [1.54, 1.807) is 24.3 Å². The number of hydrogen-bond acceptors (Lipinski definition) is 2. The summed E-state index contributed by atoms with van der Waals surface area (Å²) in [4.78, 5) is 12.8. The average Bonchev–Trinajstić information content (AvgIpc) is 2.70. The second-order valence-corrected chi connectivity index (χ2v) is 6.33. The van der Waals surface area contributed by atoms with Crippen LogP contribution in [0, 0.1) is 11.6 Å². The summed E-state index contributed by atoms with van der Waals surface area (Å²) in [6.07, 6.45) is 0. The Bertz CT molecular complexity index is 968. The van der Waals surface area contributed by atoms with Gasteiger partial charge in [0, 0.05) is 11.8 Å². The van der Waals surface area contributed by atoms with Gasteiger partial charge in [-0.05, 0) is 42.0 Å². The van der Waals surface area contributed by atoms with Crippen molar-refractivity contribution in [1.82, 2.24) is 5.32 Å². The van der Waals surface area contributed by atoms with Crippen LogP contribution in [-0.4, -0.2) is 11.0 Å². The molecule has 3 aromatic carbocycles. The molecule has 0 saturated carbocycles. The minimum Gasteiger partial charge on any atom is -0.347 e. The zero-order valence-corrected chi connectivity index (χ0v) is 15.5. The van der Waals surface area contributed by atoms with E-state index in [2.05, 4.69) is 16.0 Å². The highest BCUT2D eigenvalue weighted by Crippen LogP contribution is 2.20. The number of halogens is 2. The smallest absolute Gasteiger partial charge is 0.251 e. The summed E-state index contributed by atoms with van der Waals surface area (Å²) >= 11 is 5.31. The molecule has 0 spiro atoms. The van der Waals surface area contributed by atoms with Crippen molar-refractivity contribution in [3.05, 3.63) is 96.1 Å². The number of carbonyl (C=O) groups excluding carboxylic acids is 1. The minimum atomic E-state index is -0.910. The van der Waals surface area contributed by atoms with E-state index in [-0.39, 0.29) is 10.8 Å². The van der Waals surface area contributed by atoms with Gasteiger partial charge in [-0.15, -0.1) is 0 Å². The Labute approximate surface area is 166 Å². The zero-order chi connectivity index (χ0) is 19.9. The van der Waals surface area contributed by atoms with Gasteiger partial charge in [0.1, 0.15) is 17.7 Å². The molecular formula is C21H17F2N3OS. The van der Waals surface area contributed by atoms with Crippen molar-refractivity contribution in [2.24, 2.45) is 0 Å². The molecular weight excluding hydrogens is 380 g/mol. The van der Waals surface area contributed by atoms with Gasteiger partial charge < -0.3 is 16.0 Å². The zero-order valence-electron chi connectivity index (χ0n) is 14.7. The lowest BCUT2D eigenvalue weighted by Gasteiger charge is -2.21. The van der Waals surface area contributed by atoms with E-state index >= 15 is 0 Å². The Morgan fingerprint density at radius 1 is 0.857 bits per heavy atom. The standard InChI is InChI=1S/C21H17F2N3OS/c22-15-11-12-17(23)18(13-15)25-20(27)19(14-7-3-1-4-8-14)26-21(28)24-16-9-5-2-6-10-16/h1-13,19H,(H,25,27)(H2,24,26,28)/t19-/m1/s1. The molecule has 3 rings (SSSR count). The van der Waals surface area contributed by atoms with Crippen molar-refractivity contribution in [2.45, 2.75) is 6.04 Å². The fourth-order valence-electron chi connectivity index (χ4n) is 2.56. The molecule has 142 valence electrons. The van der Waals surface area contributed by atoms with Crippen molar-refractivity contribution < 1.29 is 13.6 Å². The largest absolute Gasteiger partial charge is 0.347 e. The summed E-state index contributed by atoms with van der Waals surface area (Å²) in [5.41, 5.74) is 1.13. The van der Waals surface area contributed by atoms with Gasteiger partial charge in [-0.2, -0.15) is 0 Å². The normalized spacial score (nSPS) is 11.4. The third-order valence-electron chi connectivity index (χ3n) is 3.89. The Kier molecular flexibility index (Phi) is 6.29. The number of thiocarbonyl (C=S) groups is 1. The van der Waals surface area contributed by atoms with E-state index in [4.69, 9.17) is 12.2 Å².